The first-order chi connectivity index (χ1) is 33.6. The van der Waals surface area contributed by atoms with Crippen LogP contribution >= 0.6 is 0 Å². The van der Waals surface area contributed by atoms with Gasteiger partial charge in [-0.2, -0.15) is 0 Å². The zero-order valence-electron chi connectivity index (χ0n) is 40.2. The highest BCUT2D eigenvalue weighted by Crippen LogP contribution is 2.41. The van der Waals surface area contributed by atoms with Crippen LogP contribution in [0.2, 0.25) is 0 Å². The number of methoxy groups -OCH3 is 3. The molecule has 0 spiro atoms. The highest BCUT2D eigenvalue weighted by atomic mass is 16.5. The number of nitrogens with one attached hydrogen (secondary N) is 1. The number of carbonyl (C=O) groups excluding carboxylic acids is 3. The summed E-state index contributed by atoms with van der Waals surface area (Å²) in [4.78, 5) is 46.1. The van der Waals surface area contributed by atoms with Gasteiger partial charge in [0, 0.05) is 67.9 Å². The van der Waals surface area contributed by atoms with Crippen LogP contribution in [0, 0.1) is 6.92 Å². The SMILES string of the molecule is COCCOCCOCCN(CCCC(N)=O)c1cc(COc2cc(C)c(C(=O)N3c4ccccc4C[C@H]3C)cc2OC)cc(COc2cc3c(cc2OC)C(=O)N2c4ccccc4C[C@H]2CN3)c1. The van der Waals surface area contributed by atoms with Crippen molar-refractivity contribution >= 4 is 40.5 Å². The maximum absolute atomic E-state index is 14.1. The van der Waals surface area contributed by atoms with Crippen molar-refractivity contribution in [2.24, 2.45) is 5.73 Å². The van der Waals surface area contributed by atoms with Crippen LogP contribution in [0.25, 0.3) is 0 Å². The summed E-state index contributed by atoms with van der Waals surface area (Å²) in [5.41, 5.74) is 14.8. The third kappa shape index (κ3) is 11.2. The number of carbonyl (C=O) groups is 3. The monoisotopic (exact) mass is 941 g/mol. The fourth-order valence-electron chi connectivity index (χ4n) is 9.45. The maximum Gasteiger partial charge on any atom is 0.260 e. The summed E-state index contributed by atoms with van der Waals surface area (Å²) in [5, 5.41) is 3.52. The van der Waals surface area contributed by atoms with Crippen molar-refractivity contribution in [3.63, 3.8) is 0 Å². The van der Waals surface area contributed by atoms with Gasteiger partial charge >= 0.3 is 0 Å². The number of benzene rings is 5. The van der Waals surface area contributed by atoms with E-state index in [9.17, 15) is 14.4 Å². The average Bonchev–Trinajstić information content (AvgIpc) is 3.86. The van der Waals surface area contributed by atoms with E-state index >= 15 is 0 Å². The van der Waals surface area contributed by atoms with Crippen LogP contribution in [0.1, 0.15) is 68.3 Å². The van der Waals surface area contributed by atoms with E-state index in [-0.39, 0.29) is 49.4 Å². The molecule has 0 radical (unpaired) electrons. The topological polar surface area (TPSA) is 164 Å². The van der Waals surface area contributed by atoms with Gasteiger partial charge in [-0.05, 0) is 109 Å². The second kappa shape index (κ2) is 22.5. The van der Waals surface area contributed by atoms with E-state index in [0.29, 0.717) is 98.9 Å². The highest BCUT2D eigenvalue weighted by Gasteiger charge is 2.38. The smallest absolute Gasteiger partial charge is 0.260 e. The van der Waals surface area contributed by atoms with Crippen molar-refractivity contribution in [2.75, 3.05) is 94.0 Å². The van der Waals surface area contributed by atoms with Crippen LogP contribution in [0.4, 0.5) is 22.7 Å². The zero-order chi connectivity index (χ0) is 48.4. The predicted molar refractivity (Wildman–Crippen MR) is 266 cm³/mol. The lowest BCUT2D eigenvalue weighted by Crippen LogP contribution is -2.39. The van der Waals surface area contributed by atoms with Crippen molar-refractivity contribution in [2.45, 2.75) is 64.8 Å². The minimum Gasteiger partial charge on any atom is -0.493 e. The summed E-state index contributed by atoms with van der Waals surface area (Å²) in [6.45, 7) is 8.15. The number of nitrogens with zero attached hydrogens (tertiary/aromatic N) is 3. The zero-order valence-corrected chi connectivity index (χ0v) is 40.2. The molecule has 3 heterocycles. The van der Waals surface area contributed by atoms with Crippen LogP contribution in [-0.2, 0) is 45.1 Å². The Bertz CT molecular complexity index is 2640. The molecule has 0 unspecified atom stereocenters. The molecule has 15 nitrogen and oxygen atoms in total. The van der Waals surface area contributed by atoms with Gasteiger partial charge in [-0.25, -0.2) is 0 Å². The Morgan fingerprint density at radius 1 is 0.739 bits per heavy atom. The number of ether oxygens (including phenoxy) is 7. The Morgan fingerprint density at radius 2 is 1.38 bits per heavy atom. The van der Waals surface area contributed by atoms with Crippen molar-refractivity contribution in [1.29, 1.82) is 0 Å². The van der Waals surface area contributed by atoms with Gasteiger partial charge in [-0.3, -0.25) is 14.4 Å². The molecule has 0 fully saturated rings. The van der Waals surface area contributed by atoms with Gasteiger partial charge in [0.2, 0.25) is 5.91 Å². The summed E-state index contributed by atoms with van der Waals surface area (Å²) in [6.07, 6.45) is 2.32. The number of hydrogen-bond acceptors (Lipinski definition) is 12. The van der Waals surface area contributed by atoms with Gasteiger partial charge in [0.15, 0.2) is 23.0 Å². The quantitative estimate of drug-likeness (QED) is 0.0621. The number of primary amides is 1. The van der Waals surface area contributed by atoms with E-state index in [2.05, 4.69) is 29.3 Å². The first-order valence-electron chi connectivity index (χ1n) is 23.6. The average molecular weight is 942 g/mol. The Morgan fingerprint density at radius 3 is 2.07 bits per heavy atom. The molecule has 0 aliphatic carbocycles. The van der Waals surface area contributed by atoms with Gasteiger partial charge in [-0.15, -0.1) is 0 Å². The summed E-state index contributed by atoms with van der Waals surface area (Å²) in [7, 11) is 4.76. The van der Waals surface area contributed by atoms with Gasteiger partial charge in [0.1, 0.15) is 13.2 Å². The standard InChI is InChI=1S/C54H63N5O10/c1-35-23-50(48(64-4)29-43(35)53(61)58-36(2)24-39-11-6-8-13-46(39)58)68-33-37-25-38(27-41(26-37)57(16-10-15-52(55)60)17-18-66-21-22-67-20-19-63-3)34-69-51-31-45-44(30-49(51)65-5)54(62)59-42(32-56-45)28-40-12-7-9-14-47(40)59/h6-9,11-14,23,25-27,29-31,36,42,56H,10,15-22,24,28,32-34H2,1-5H3,(H2,55,60)/t36-,42+/m1/s1. The fraction of sp³-hybridized carbons (Fsp3) is 0.389. The lowest BCUT2D eigenvalue weighted by atomic mass is 10.1. The van der Waals surface area contributed by atoms with Crippen LogP contribution in [0.3, 0.4) is 0 Å². The lowest BCUT2D eigenvalue weighted by Gasteiger charge is -2.26. The third-order valence-electron chi connectivity index (χ3n) is 12.9. The first kappa shape index (κ1) is 48.6. The Labute approximate surface area is 404 Å². The van der Waals surface area contributed by atoms with E-state index in [1.54, 1.807) is 33.5 Å². The molecule has 3 amide bonds. The molecule has 8 rings (SSSR count). The number of fused-ring (bicyclic) bond motifs is 5. The molecule has 0 aromatic heterocycles. The van der Waals surface area contributed by atoms with Crippen molar-refractivity contribution in [3.8, 4) is 23.0 Å². The number of anilines is 4. The molecule has 3 aliphatic rings. The molecular formula is C54H63N5O10. The normalized spacial score (nSPS) is 15.6. The van der Waals surface area contributed by atoms with Crippen LogP contribution in [0.15, 0.2) is 91.0 Å². The lowest BCUT2D eigenvalue weighted by molar-refractivity contribution is -0.118. The minimum absolute atomic E-state index is 0.0131. The maximum atomic E-state index is 14.1. The summed E-state index contributed by atoms with van der Waals surface area (Å²) >= 11 is 0. The number of nitrogens with two attached hydrogens (primary N) is 1. The Kier molecular flexibility index (Phi) is 15.9. The number of aryl methyl sites for hydroxylation is 1. The summed E-state index contributed by atoms with van der Waals surface area (Å²) in [6, 6.07) is 29.4. The van der Waals surface area contributed by atoms with Gasteiger partial charge in [0.05, 0.1) is 64.5 Å². The second-order valence-corrected chi connectivity index (χ2v) is 17.6. The number of amides is 3. The first-order valence-corrected chi connectivity index (χ1v) is 23.6. The minimum atomic E-state index is -0.372. The molecule has 0 bridgehead atoms. The summed E-state index contributed by atoms with van der Waals surface area (Å²) in [5.74, 6) is 1.28. The predicted octanol–water partition coefficient (Wildman–Crippen LogP) is 7.51. The van der Waals surface area contributed by atoms with E-state index in [0.717, 1.165) is 57.7 Å². The molecule has 0 saturated heterocycles. The Balaban J connectivity index is 1.05. The van der Waals surface area contributed by atoms with Crippen LogP contribution in [0.5, 0.6) is 23.0 Å². The third-order valence-corrected chi connectivity index (χ3v) is 12.9. The van der Waals surface area contributed by atoms with Gasteiger partial charge < -0.3 is 58.9 Å². The second-order valence-electron chi connectivity index (χ2n) is 17.6. The van der Waals surface area contributed by atoms with E-state index in [4.69, 9.17) is 38.9 Å². The van der Waals surface area contributed by atoms with Crippen LogP contribution in [-0.4, -0.2) is 104 Å². The molecule has 364 valence electrons. The van der Waals surface area contributed by atoms with E-state index < -0.39 is 0 Å². The molecule has 3 aliphatic heterocycles. The van der Waals surface area contributed by atoms with Crippen molar-refractivity contribution in [1.82, 2.24) is 0 Å². The molecule has 69 heavy (non-hydrogen) atoms. The van der Waals surface area contributed by atoms with Gasteiger partial charge in [-0.1, -0.05) is 36.4 Å². The molecule has 15 heteroatoms. The number of para-hydroxylation sites is 2. The number of hydrogen-bond donors (Lipinski definition) is 2. The Hall–Kier alpha value is -6.81. The molecular weight excluding hydrogens is 879 g/mol. The van der Waals surface area contributed by atoms with E-state index in [1.165, 1.54) is 0 Å². The van der Waals surface area contributed by atoms with Crippen molar-refractivity contribution < 1.29 is 47.5 Å². The molecule has 0 saturated carbocycles. The molecule has 5 aromatic rings. The van der Waals surface area contributed by atoms with E-state index in [1.807, 2.05) is 83.5 Å². The molecule has 5 aromatic carbocycles. The van der Waals surface area contributed by atoms with Crippen molar-refractivity contribution in [3.05, 3.63) is 130 Å². The number of rotatable bonds is 23. The summed E-state index contributed by atoms with van der Waals surface area (Å²) < 4.78 is 41.4. The highest BCUT2D eigenvalue weighted by molar-refractivity contribution is 6.12. The van der Waals surface area contributed by atoms with Gasteiger partial charge in [0.25, 0.3) is 11.8 Å². The molecule has 3 N–H and O–H groups in total. The largest absolute Gasteiger partial charge is 0.493 e. The van der Waals surface area contributed by atoms with Crippen LogP contribution < -0.4 is 44.7 Å². The molecule has 2 atom stereocenters. The fourth-order valence-corrected chi connectivity index (χ4v) is 9.45.